The number of benzene rings is 1. The van der Waals surface area contributed by atoms with Gasteiger partial charge in [0.15, 0.2) is 5.76 Å². The second kappa shape index (κ2) is 10.1. The first kappa shape index (κ1) is 18.6. The van der Waals surface area contributed by atoms with Gasteiger partial charge in [-0.2, -0.15) is 0 Å². The molecule has 1 aliphatic heterocycles. The number of rotatable bonds is 10. The number of aryl methyl sites for hydroxylation is 1. The first-order valence-electron chi connectivity index (χ1n) is 9.20. The Kier molecular flexibility index (Phi) is 7.22. The van der Waals surface area contributed by atoms with Crippen LogP contribution in [0.1, 0.15) is 29.9 Å². The lowest BCUT2D eigenvalue weighted by Gasteiger charge is -2.08. The Bertz CT molecular complexity index is 665. The van der Waals surface area contributed by atoms with Gasteiger partial charge in [0, 0.05) is 31.7 Å². The van der Waals surface area contributed by atoms with Crippen LogP contribution in [0.4, 0.5) is 0 Å². The summed E-state index contributed by atoms with van der Waals surface area (Å²) in [6, 6.07) is 12.1. The molecular formula is C20H26N2O4. The molecular weight excluding hydrogens is 332 g/mol. The van der Waals surface area contributed by atoms with Crippen molar-refractivity contribution < 1.29 is 18.8 Å². The number of ether oxygens (including phenoxy) is 2. The molecule has 3 rings (SSSR count). The van der Waals surface area contributed by atoms with Gasteiger partial charge in [-0.25, -0.2) is 0 Å². The third-order valence-electron chi connectivity index (χ3n) is 4.40. The summed E-state index contributed by atoms with van der Waals surface area (Å²) < 4.78 is 16.2. The molecule has 1 aliphatic rings. The highest BCUT2D eigenvalue weighted by atomic mass is 16.5. The SMILES string of the molecule is O=C(Cc1cc(COCCCc2ccccc2)on1)NCC1CCOC1. The third-order valence-corrected chi connectivity index (χ3v) is 4.40. The van der Waals surface area contributed by atoms with E-state index in [1.54, 1.807) is 6.07 Å². The van der Waals surface area contributed by atoms with Gasteiger partial charge < -0.3 is 19.3 Å². The average molecular weight is 358 g/mol. The number of carbonyl (C=O) groups excluding carboxylic acids is 1. The predicted octanol–water partition coefficient (Wildman–Crippen LogP) is 2.52. The van der Waals surface area contributed by atoms with Gasteiger partial charge in [0.2, 0.25) is 5.91 Å². The minimum atomic E-state index is -0.0412. The van der Waals surface area contributed by atoms with Gasteiger partial charge >= 0.3 is 0 Å². The Morgan fingerprint density at radius 3 is 3.00 bits per heavy atom. The van der Waals surface area contributed by atoms with Crippen molar-refractivity contribution in [3.8, 4) is 0 Å². The molecule has 1 fully saturated rings. The standard InChI is InChI=1S/C20H26N2O4/c23-20(21-13-17-8-10-25-14-17)12-18-11-19(26-22-18)15-24-9-4-7-16-5-2-1-3-6-16/h1-3,5-6,11,17H,4,7-10,12-15H2,(H,21,23). The maximum Gasteiger partial charge on any atom is 0.226 e. The highest BCUT2D eigenvalue weighted by Crippen LogP contribution is 2.11. The minimum absolute atomic E-state index is 0.0412. The normalized spacial score (nSPS) is 16.7. The third kappa shape index (κ3) is 6.28. The van der Waals surface area contributed by atoms with E-state index in [0.29, 0.717) is 37.1 Å². The van der Waals surface area contributed by atoms with Crippen molar-refractivity contribution in [1.29, 1.82) is 0 Å². The van der Waals surface area contributed by atoms with E-state index in [1.807, 2.05) is 18.2 Å². The zero-order valence-electron chi connectivity index (χ0n) is 15.0. The first-order valence-corrected chi connectivity index (χ1v) is 9.20. The topological polar surface area (TPSA) is 73.6 Å². The number of nitrogens with one attached hydrogen (secondary N) is 1. The van der Waals surface area contributed by atoms with Crippen molar-refractivity contribution >= 4 is 5.91 Å². The van der Waals surface area contributed by atoms with Gasteiger partial charge in [-0.05, 0) is 24.8 Å². The van der Waals surface area contributed by atoms with Gasteiger partial charge in [0.1, 0.15) is 6.61 Å². The van der Waals surface area contributed by atoms with Crippen LogP contribution in [-0.4, -0.2) is 37.4 Å². The fraction of sp³-hybridized carbons (Fsp3) is 0.500. The van der Waals surface area contributed by atoms with E-state index in [2.05, 4.69) is 22.6 Å². The number of carbonyl (C=O) groups is 1. The zero-order valence-corrected chi connectivity index (χ0v) is 15.0. The van der Waals surface area contributed by atoms with Gasteiger partial charge in [-0.3, -0.25) is 4.79 Å². The second-order valence-electron chi connectivity index (χ2n) is 6.64. The van der Waals surface area contributed by atoms with Crippen molar-refractivity contribution in [2.24, 2.45) is 5.92 Å². The number of hydrogen-bond donors (Lipinski definition) is 1. The predicted molar refractivity (Wildman–Crippen MR) is 96.6 cm³/mol. The van der Waals surface area contributed by atoms with Crippen molar-refractivity contribution in [2.75, 3.05) is 26.4 Å². The number of aromatic nitrogens is 1. The molecule has 1 aromatic heterocycles. The molecule has 1 N–H and O–H groups in total. The molecule has 6 nitrogen and oxygen atoms in total. The van der Waals surface area contributed by atoms with Crippen molar-refractivity contribution in [1.82, 2.24) is 10.5 Å². The molecule has 0 aliphatic carbocycles. The van der Waals surface area contributed by atoms with Crippen LogP contribution in [0.15, 0.2) is 40.9 Å². The highest BCUT2D eigenvalue weighted by molar-refractivity contribution is 5.78. The fourth-order valence-electron chi connectivity index (χ4n) is 2.93. The molecule has 1 amide bonds. The second-order valence-corrected chi connectivity index (χ2v) is 6.64. The van der Waals surface area contributed by atoms with E-state index in [4.69, 9.17) is 14.0 Å². The molecule has 0 spiro atoms. The fourth-order valence-corrected chi connectivity index (χ4v) is 2.93. The number of amides is 1. The van der Waals surface area contributed by atoms with E-state index in [9.17, 15) is 4.79 Å². The van der Waals surface area contributed by atoms with Crippen LogP contribution in [0.25, 0.3) is 0 Å². The van der Waals surface area contributed by atoms with Crippen molar-refractivity contribution in [2.45, 2.75) is 32.3 Å². The summed E-state index contributed by atoms with van der Waals surface area (Å²) in [5, 5.41) is 6.87. The molecule has 26 heavy (non-hydrogen) atoms. The quantitative estimate of drug-likeness (QED) is 0.661. The number of hydrogen-bond acceptors (Lipinski definition) is 5. The minimum Gasteiger partial charge on any atom is -0.381 e. The summed E-state index contributed by atoms with van der Waals surface area (Å²) in [5.41, 5.74) is 1.95. The van der Waals surface area contributed by atoms with Gasteiger partial charge in [0.05, 0.1) is 18.7 Å². The summed E-state index contributed by atoms with van der Waals surface area (Å²) >= 11 is 0. The molecule has 0 saturated carbocycles. The molecule has 1 aromatic carbocycles. The summed E-state index contributed by atoms with van der Waals surface area (Å²) in [5.74, 6) is 1.04. The van der Waals surface area contributed by atoms with Crippen LogP contribution in [-0.2, 0) is 33.7 Å². The van der Waals surface area contributed by atoms with E-state index >= 15 is 0 Å². The van der Waals surface area contributed by atoms with Gasteiger partial charge in [0.25, 0.3) is 0 Å². The summed E-state index contributed by atoms with van der Waals surface area (Å²) in [6.07, 6.45) is 3.19. The molecule has 2 heterocycles. The van der Waals surface area contributed by atoms with Crippen LogP contribution in [0.2, 0.25) is 0 Å². The average Bonchev–Trinajstić information content (AvgIpc) is 3.33. The van der Waals surface area contributed by atoms with Gasteiger partial charge in [-0.15, -0.1) is 0 Å². The number of nitrogens with zero attached hydrogens (tertiary/aromatic N) is 1. The van der Waals surface area contributed by atoms with Crippen molar-refractivity contribution in [3.63, 3.8) is 0 Å². The summed E-state index contributed by atoms with van der Waals surface area (Å²) in [6.45, 7) is 3.22. The van der Waals surface area contributed by atoms with E-state index in [-0.39, 0.29) is 12.3 Å². The monoisotopic (exact) mass is 358 g/mol. The molecule has 140 valence electrons. The Morgan fingerprint density at radius 1 is 1.31 bits per heavy atom. The molecule has 6 heteroatoms. The van der Waals surface area contributed by atoms with Crippen molar-refractivity contribution in [3.05, 3.63) is 53.4 Å². The van der Waals surface area contributed by atoms with Crippen LogP contribution in [0.3, 0.4) is 0 Å². The lowest BCUT2D eigenvalue weighted by Crippen LogP contribution is -2.30. The summed E-state index contributed by atoms with van der Waals surface area (Å²) in [7, 11) is 0. The maximum absolute atomic E-state index is 11.9. The van der Waals surface area contributed by atoms with E-state index in [1.165, 1.54) is 5.56 Å². The molecule has 1 saturated heterocycles. The lowest BCUT2D eigenvalue weighted by atomic mass is 10.1. The highest BCUT2D eigenvalue weighted by Gasteiger charge is 2.17. The summed E-state index contributed by atoms with van der Waals surface area (Å²) in [4.78, 5) is 11.9. The van der Waals surface area contributed by atoms with Crippen LogP contribution in [0.5, 0.6) is 0 Å². The smallest absolute Gasteiger partial charge is 0.226 e. The van der Waals surface area contributed by atoms with E-state index < -0.39 is 0 Å². The van der Waals surface area contributed by atoms with Crippen LogP contribution >= 0.6 is 0 Å². The Balaban J connectivity index is 1.29. The molecule has 0 radical (unpaired) electrons. The molecule has 1 unspecified atom stereocenters. The first-order chi connectivity index (χ1) is 12.8. The van der Waals surface area contributed by atoms with Crippen LogP contribution in [0, 0.1) is 5.92 Å². The lowest BCUT2D eigenvalue weighted by molar-refractivity contribution is -0.120. The molecule has 1 atom stereocenters. The largest absolute Gasteiger partial charge is 0.381 e. The maximum atomic E-state index is 11.9. The molecule has 2 aromatic rings. The van der Waals surface area contributed by atoms with Crippen LogP contribution < -0.4 is 5.32 Å². The molecule has 0 bridgehead atoms. The van der Waals surface area contributed by atoms with Gasteiger partial charge in [-0.1, -0.05) is 35.5 Å². The zero-order chi connectivity index (χ0) is 18.0. The Morgan fingerprint density at radius 2 is 2.19 bits per heavy atom. The Labute approximate surface area is 153 Å². The Hall–Kier alpha value is -2.18. The van der Waals surface area contributed by atoms with E-state index in [0.717, 1.165) is 32.5 Å².